The van der Waals surface area contributed by atoms with Gasteiger partial charge in [0.15, 0.2) is 5.84 Å². The van der Waals surface area contributed by atoms with E-state index in [1.165, 1.54) is 7.05 Å². The molecule has 0 saturated heterocycles. The molecule has 0 bridgehead atoms. The van der Waals surface area contributed by atoms with E-state index in [4.69, 9.17) is 10.9 Å². The van der Waals surface area contributed by atoms with Crippen molar-refractivity contribution in [2.75, 3.05) is 12.4 Å². The summed E-state index contributed by atoms with van der Waals surface area (Å²) in [6.45, 7) is 0. The first kappa shape index (κ1) is 12.3. The number of amidine groups is 1. The number of carbonyl (C=O) groups is 1. The van der Waals surface area contributed by atoms with E-state index in [1.807, 2.05) is 0 Å². The molecule has 2 amide bonds. The zero-order valence-electron chi connectivity index (χ0n) is 8.49. The fourth-order valence-corrected chi connectivity index (χ4v) is 1.50. The predicted molar refractivity (Wildman–Crippen MR) is 64.7 cm³/mol. The molecule has 16 heavy (non-hydrogen) atoms. The zero-order valence-corrected chi connectivity index (χ0v) is 10.1. The number of oxime groups is 1. The second-order valence-electron chi connectivity index (χ2n) is 2.88. The largest absolute Gasteiger partial charge is 0.409 e. The molecule has 0 fully saturated rings. The fraction of sp³-hybridized carbons (Fsp3) is 0.111. The van der Waals surface area contributed by atoms with Crippen LogP contribution in [0.25, 0.3) is 0 Å². The molecule has 0 saturated carbocycles. The Bertz CT molecular complexity index is 434. The van der Waals surface area contributed by atoms with Gasteiger partial charge in [0, 0.05) is 17.1 Å². The predicted octanol–water partition coefficient (Wildman–Crippen LogP) is 1.29. The van der Waals surface area contributed by atoms with Crippen molar-refractivity contribution in [3.8, 4) is 0 Å². The summed E-state index contributed by atoms with van der Waals surface area (Å²) in [7, 11) is 1.52. The third kappa shape index (κ3) is 2.86. The van der Waals surface area contributed by atoms with Gasteiger partial charge in [0.25, 0.3) is 0 Å². The van der Waals surface area contributed by atoms with Crippen LogP contribution in [0.15, 0.2) is 27.8 Å². The molecule has 7 heteroatoms. The highest BCUT2D eigenvalue weighted by molar-refractivity contribution is 9.10. The van der Waals surface area contributed by atoms with E-state index in [9.17, 15) is 4.79 Å². The molecular weight excluding hydrogens is 276 g/mol. The average Bonchev–Trinajstić information content (AvgIpc) is 2.30. The zero-order chi connectivity index (χ0) is 12.1. The summed E-state index contributed by atoms with van der Waals surface area (Å²) in [6.07, 6.45) is 0. The summed E-state index contributed by atoms with van der Waals surface area (Å²) in [6, 6.07) is 4.59. The topological polar surface area (TPSA) is 99.7 Å². The lowest BCUT2D eigenvalue weighted by Gasteiger charge is -2.08. The minimum absolute atomic E-state index is 0.00666. The van der Waals surface area contributed by atoms with Crippen molar-refractivity contribution in [1.29, 1.82) is 0 Å². The maximum atomic E-state index is 11.1. The van der Waals surface area contributed by atoms with Gasteiger partial charge in [-0.2, -0.15) is 0 Å². The Labute approximate surface area is 101 Å². The summed E-state index contributed by atoms with van der Waals surface area (Å²) in [5.74, 6) is 0.00666. The second kappa shape index (κ2) is 5.36. The third-order valence-corrected chi connectivity index (χ3v) is 2.50. The van der Waals surface area contributed by atoms with Gasteiger partial charge in [0.05, 0.1) is 5.69 Å². The molecule has 1 rings (SSSR count). The van der Waals surface area contributed by atoms with Crippen LogP contribution in [0.4, 0.5) is 10.5 Å². The van der Waals surface area contributed by atoms with Gasteiger partial charge >= 0.3 is 6.03 Å². The third-order valence-electron chi connectivity index (χ3n) is 1.85. The van der Waals surface area contributed by atoms with Gasteiger partial charge in [-0.1, -0.05) is 5.16 Å². The van der Waals surface area contributed by atoms with E-state index in [0.29, 0.717) is 15.7 Å². The maximum Gasteiger partial charge on any atom is 0.319 e. The fourth-order valence-electron chi connectivity index (χ4n) is 1.02. The van der Waals surface area contributed by atoms with Crippen LogP contribution in [0.3, 0.4) is 0 Å². The molecule has 0 spiro atoms. The number of amides is 2. The summed E-state index contributed by atoms with van der Waals surface area (Å²) >= 11 is 3.27. The molecule has 0 radical (unpaired) electrons. The van der Waals surface area contributed by atoms with Crippen LogP contribution < -0.4 is 16.4 Å². The number of rotatable bonds is 2. The summed E-state index contributed by atoms with van der Waals surface area (Å²) in [5, 5.41) is 16.4. The molecule has 0 aromatic heterocycles. The molecule has 86 valence electrons. The number of carbonyl (C=O) groups excluding carboxylic acids is 1. The first-order valence-corrected chi connectivity index (χ1v) is 5.14. The minimum atomic E-state index is -0.322. The second-order valence-corrected chi connectivity index (χ2v) is 3.74. The number of nitrogens with one attached hydrogen (secondary N) is 2. The van der Waals surface area contributed by atoms with Crippen LogP contribution >= 0.6 is 15.9 Å². The van der Waals surface area contributed by atoms with Gasteiger partial charge < -0.3 is 21.6 Å². The number of hydrogen-bond acceptors (Lipinski definition) is 3. The van der Waals surface area contributed by atoms with E-state index in [-0.39, 0.29) is 11.9 Å². The number of benzene rings is 1. The Morgan fingerprint density at radius 1 is 1.56 bits per heavy atom. The normalized spacial score (nSPS) is 11.0. The van der Waals surface area contributed by atoms with Crippen LogP contribution in [0.1, 0.15) is 5.56 Å². The summed E-state index contributed by atoms with van der Waals surface area (Å²) in [5.41, 5.74) is 6.56. The van der Waals surface area contributed by atoms with Crippen molar-refractivity contribution < 1.29 is 10.0 Å². The van der Waals surface area contributed by atoms with Gasteiger partial charge in [-0.05, 0) is 34.1 Å². The van der Waals surface area contributed by atoms with Crippen molar-refractivity contribution in [1.82, 2.24) is 5.32 Å². The first-order chi connectivity index (χ1) is 7.58. The van der Waals surface area contributed by atoms with Crippen molar-refractivity contribution in [3.05, 3.63) is 28.2 Å². The molecule has 5 N–H and O–H groups in total. The standard InChI is InChI=1S/C9H11BrN4O2/c1-12-9(15)13-7-3-2-5(4-6(7)10)8(11)14-16/h2-4,16H,1H3,(H2,11,14)(H2,12,13,15). The quantitative estimate of drug-likeness (QED) is 0.285. The Morgan fingerprint density at radius 2 is 2.25 bits per heavy atom. The van der Waals surface area contributed by atoms with Crippen LogP contribution in [0.2, 0.25) is 0 Å². The molecule has 0 atom stereocenters. The molecule has 1 aromatic rings. The van der Waals surface area contributed by atoms with E-state index in [1.54, 1.807) is 18.2 Å². The highest BCUT2D eigenvalue weighted by atomic mass is 79.9. The van der Waals surface area contributed by atoms with Crippen LogP contribution in [0.5, 0.6) is 0 Å². The number of anilines is 1. The monoisotopic (exact) mass is 286 g/mol. The van der Waals surface area contributed by atoms with E-state index in [0.717, 1.165) is 0 Å². The van der Waals surface area contributed by atoms with Gasteiger partial charge in [0.2, 0.25) is 0 Å². The molecular formula is C9H11BrN4O2. The molecule has 0 aliphatic rings. The molecule has 0 unspecified atom stereocenters. The van der Waals surface area contributed by atoms with Crippen molar-refractivity contribution in [3.63, 3.8) is 0 Å². The Kier molecular flexibility index (Phi) is 4.12. The number of nitrogens with two attached hydrogens (primary N) is 1. The average molecular weight is 287 g/mol. The SMILES string of the molecule is CNC(=O)Nc1ccc(/C(N)=N/O)cc1Br. The molecule has 1 aromatic carbocycles. The number of halogens is 1. The van der Waals surface area contributed by atoms with Gasteiger partial charge in [0.1, 0.15) is 0 Å². The lowest BCUT2D eigenvalue weighted by molar-refractivity contribution is 0.254. The number of nitrogens with zero attached hydrogens (tertiary/aromatic N) is 1. The number of hydrogen-bond donors (Lipinski definition) is 4. The maximum absolute atomic E-state index is 11.1. The summed E-state index contributed by atoms with van der Waals surface area (Å²) < 4.78 is 0.639. The van der Waals surface area contributed by atoms with E-state index in [2.05, 4.69) is 31.7 Å². The lowest BCUT2D eigenvalue weighted by Crippen LogP contribution is -2.24. The van der Waals surface area contributed by atoms with E-state index >= 15 is 0 Å². The first-order valence-electron chi connectivity index (χ1n) is 4.34. The van der Waals surface area contributed by atoms with Crippen LogP contribution in [0, 0.1) is 0 Å². The van der Waals surface area contributed by atoms with Gasteiger partial charge in [-0.15, -0.1) is 0 Å². The smallest absolute Gasteiger partial charge is 0.319 e. The van der Waals surface area contributed by atoms with E-state index < -0.39 is 0 Å². The highest BCUT2D eigenvalue weighted by Gasteiger charge is 2.06. The number of urea groups is 1. The Morgan fingerprint density at radius 3 is 2.75 bits per heavy atom. The molecule has 0 aliphatic heterocycles. The molecule has 0 aliphatic carbocycles. The molecule has 6 nitrogen and oxygen atoms in total. The van der Waals surface area contributed by atoms with Crippen molar-refractivity contribution >= 4 is 33.5 Å². The van der Waals surface area contributed by atoms with Crippen LogP contribution in [-0.2, 0) is 0 Å². The van der Waals surface area contributed by atoms with Crippen molar-refractivity contribution in [2.45, 2.75) is 0 Å². The highest BCUT2D eigenvalue weighted by Crippen LogP contribution is 2.23. The minimum Gasteiger partial charge on any atom is -0.409 e. The Hall–Kier alpha value is -1.76. The lowest BCUT2D eigenvalue weighted by atomic mass is 10.2. The van der Waals surface area contributed by atoms with Gasteiger partial charge in [-0.3, -0.25) is 0 Å². The Balaban J connectivity index is 2.96. The summed E-state index contributed by atoms with van der Waals surface area (Å²) in [4.78, 5) is 11.1. The molecule has 0 heterocycles. The van der Waals surface area contributed by atoms with Crippen LogP contribution in [-0.4, -0.2) is 24.1 Å². The van der Waals surface area contributed by atoms with Crippen molar-refractivity contribution in [2.24, 2.45) is 10.9 Å². The van der Waals surface area contributed by atoms with Gasteiger partial charge in [-0.25, -0.2) is 4.79 Å².